The van der Waals surface area contributed by atoms with Gasteiger partial charge in [0.1, 0.15) is 6.10 Å². The number of benzene rings is 1. The van der Waals surface area contributed by atoms with Crippen LogP contribution in [0.3, 0.4) is 0 Å². The quantitative estimate of drug-likeness (QED) is 0.396. The predicted molar refractivity (Wildman–Crippen MR) is 46.5 cm³/mol. The Bertz CT molecular complexity index is 358. The number of para-hydroxylation sites is 1. The third kappa shape index (κ3) is 1.40. The van der Waals surface area contributed by atoms with Crippen molar-refractivity contribution in [2.24, 2.45) is 0 Å². The van der Waals surface area contributed by atoms with E-state index in [0.29, 0.717) is 17.7 Å². The fourth-order valence-corrected chi connectivity index (χ4v) is 1.42. The zero-order valence-corrected chi connectivity index (χ0v) is 7.19. The van der Waals surface area contributed by atoms with Crippen LogP contribution in [-0.4, -0.2) is 11.5 Å². The van der Waals surface area contributed by atoms with Crippen LogP contribution in [0.5, 0.6) is 0 Å². The van der Waals surface area contributed by atoms with Crippen molar-refractivity contribution in [3.05, 3.63) is 39.4 Å². The molecule has 1 atom stereocenters. The molecule has 4 heteroatoms. The van der Waals surface area contributed by atoms with E-state index in [1.807, 2.05) is 6.07 Å². The molecule has 0 amide bonds. The van der Waals surface area contributed by atoms with Gasteiger partial charge in [0.05, 0.1) is 17.1 Å². The number of hydrogen-bond donors (Lipinski definition) is 0. The van der Waals surface area contributed by atoms with E-state index in [9.17, 15) is 10.1 Å². The zero-order valence-electron chi connectivity index (χ0n) is 7.19. The Balaban J connectivity index is 2.53. The fraction of sp³-hybridized carbons (Fsp3) is 0.333. The molecule has 1 aromatic carbocycles. The number of ether oxygens (including phenoxy) is 1. The first-order valence-corrected chi connectivity index (χ1v) is 4.05. The highest BCUT2D eigenvalue weighted by atomic mass is 16.6. The Kier molecular flexibility index (Phi) is 1.77. The molecule has 0 spiro atoms. The lowest BCUT2D eigenvalue weighted by Crippen LogP contribution is -1.96. The molecule has 0 bridgehead atoms. The molecule has 1 heterocycles. The molecule has 1 aliphatic heterocycles. The molecule has 1 fully saturated rings. The van der Waals surface area contributed by atoms with Crippen molar-refractivity contribution in [1.82, 2.24) is 0 Å². The van der Waals surface area contributed by atoms with Crippen molar-refractivity contribution in [1.29, 1.82) is 0 Å². The predicted octanol–water partition coefficient (Wildman–Crippen LogP) is 1.97. The maximum Gasteiger partial charge on any atom is 0.278 e. The van der Waals surface area contributed by atoms with Crippen LogP contribution < -0.4 is 0 Å². The molecule has 13 heavy (non-hydrogen) atoms. The number of epoxide rings is 1. The molecule has 4 nitrogen and oxygen atoms in total. The van der Waals surface area contributed by atoms with Gasteiger partial charge in [0.15, 0.2) is 0 Å². The Morgan fingerprint density at radius 1 is 1.62 bits per heavy atom. The monoisotopic (exact) mass is 179 g/mol. The topological polar surface area (TPSA) is 55.7 Å². The molecule has 0 radical (unpaired) electrons. The second kappa shape index (κ2) is 2.81. The standard InChI is InChI=1S/C9H9NO3/c1-6-3-2-4-7(8-5-13-8)9(6)10(11)12/h2-4,8H,5H2,1H3/t8-/m1/s1. The number of nitro benzene ring substituents is 1. The number of hydrogen-bond acceptors (Lipinski definition) is 3. The third-order valence-electron chi connectivity index (χ3n) is 2.13. The van der Waals surface area contributed by atoms with Gasteiger partial charge in [0, 0.05) is 5.56 Å². The molecule has 0 unspecified atom stereocenters. The van der Waals surface area contributed by atoms with Crippen LogP contribution in [-0.2, 0) is 4.74 Å². The van der Waals surface area contributed by atoms with Gasteiger partial charge in [-0.15, -0.1) is 0 Å². The lowest BCUT2D eigenvalue weighted by Gasteiger charge is -2.01. The first-order chi connectivity index (χ1) is 6.20. The van der Waals surface area contributed by atoms with Gasteiger partial charge in [-0.2, -0.15) is 0 Å². The highest BCUT2D eigenvalue weighted by molar-refractivity contribution is 5.49. The van der Waals surface area contributed by atoms with Gasteiger partial charge in [0.2, 0.25) is 0 Å². The minimum atomic E-state index is -0.341. The summed E-state index contributed by atoms with van der Waals surface area (Å²) in [4.78, 5) is 10.4. The fourth-order valence-electron chi connectivity index (χ4n) is 1.42. The van der Waals surface area contributed by atoms with Gasteiger partial charge in [-0.1, -0.05) is 12.1 Å². The molecule has 2 rings (SSSR count). The summed E-state index contributed by atoms with van der Waals surface area (Å²) < 4.78 is 5.04. The van der Waals surface area contributed by atoms with Crippen LogP contribution in [0.2, 0.25) is 0 Å². The highest BCUT2D eigenvalue weighted by Crippen LogP contribution is 2.37. The van der Waals surface area contributed by atoms with Crippen LogP contribution in [0.1, 0.15) is 17.2 Å². The average Bonchev–Trinajstić information content (AvgIpc) is 2.85. The van der Waals surface area contributed by atoms with Gasteiger partial charge in [-0.25, -0.2) is 0 Å². The van der Waals surface area contributed by atoms with E-state index < -0.39 is 0 Å². The number of rotatable bonds is 2. The van der Waals surface area contributed by atoms with Crippen molar-refractivity contribution < 1.29 is 9.66 Å². The van der Waals surface area contributed by atoms with Crippen molar-refractivity contribution in [2.75, 3.05) is 6.61 Å². The molecule has 1 aromatic rings. The number of aryl methyl sites for hydroxylation is 1. The van der Waals surface area contributed by atoms with E-state index in [1.165, 1.54) is 0 Å². The molecule has 68 valence electrons. The summed E-state index contributed by atoms with van der Waals surface area (Å²) in [6.07, 6.45) is -0.0553. The highest BCUT2D eigenvalue weighted by Gasteiger charge is 2.32. The van der Waals surface area contributed by atoms with Crippen LogP contribution in [0, 0.1) is 17.0 Å². The Morgan fingerprint density at radius 2 is 2.31 bits per heavy atom. The number of nitrogens with zero attached hydrogens (tertiary/aromatic N) is 1. The minimum Gasteiger partial charge on any atom is -0.368 e. The van der Waals surface area contributed by atoms with Crippen LogP contribution in [0.4, 0.5) is 5.69 Å². The minimum absolute atomic E-state index is 0.0553. The maximum atomic E-state index is 10.7. The van der Waals surface area contributed by atoms with E-state index in [1.54, 1.807) is 19.1 Å². The summed E-state index contributed by atoms with van der Waals surface area (Å²) in [5.41, 5.74) is 1.59. The smallest absolute Gasteiger partial charge is 0.278 e. The molecule has 0 N–H and O–H groups in total. The van der Waals surface area contributed by atoms with Crippen LogP contribution in [0.15, 0.2) is 18.2 Å². The second-order valence-corrected chi connectivity index (χ2v) is 3.09. The normalized spacial score (nSPS) is 19.9. The van der Waals surface area contributed by atoms with Crippen molar-refractivity contribution >= 4 is 5.69 Å². The van der Waals surface area contributed by atoms with Crippen LogP contribution in [0.25, 0.3) is 0 Å². The number of nitro groups is 1. The summed E-state index contributed by atoms with van der Waals surface area (Å²) in [6, 6.07) is 5.31. The zero-order chi connectivity index (χ0) is 9.42. The lowest BCUT2D eigenvalue weighted by molar-refractivity contribution is -0.386. The Morgan fingerprint density at radius 3 is 2.85 bits per heavy atom. The van der Waals surface area contributed by atoms with Crippen molar-refractivity contribution in [3.8, 4) is 0 Å². The molecular formula is C9H9NO3. The largest absolute Gasteiger partial charge is 0.368 e. The van der Waals surface area contributed by atoms with Gasteiger partial charge >= 0.3 is 0 Å². The molecule has 0 saturated carbocycles. The first-order valence-electron chi connectivity index (χ1n) is 4.05. The molecule has 1 aliphatic rings. The summed E-state index contributed by atoms with van der Waals surface area (Å²) >= 11 is 0. The van der Waals surface area contributed by atoms with Gasteiger partial charge in [-0.05, 0) is 13.0 Å². The van der Waals surface area contributed by atoms with Crippen LogP contribution >= 0.6 is 0 Å². The summed E-state index contributed by atoms with van der Waals surface area (Å²) in [7, 11) is 0. The van der Waals surface area contributed by atoms with E-state index in [2.05, 4.69) is 0 Å². The molecule has 0 aliphatic carbocycles. The van der Waals surface area contributed by atoms with E-state index in [0.717, 1.165) is 0 Å². The van der Waals surface area contributed by atoms with E-state index in [-0.39, 0.29) is 16.7 Å². The lowest BCUT2D eigenvalue weighted by atomic mass is 10.1. The molecule has 0 aromatic heterocycles. The maximum absolute atomic E-state index is 10.7. The van der Waals surface area contributed by atoms with Gasteiger partial charge < -0.3 is 4.74 Å². The van der Waals surface area contributed by atoms with E-state index in [4.69, 9.17) is 4.74 Å². The summed E-state index contributed by atoms with van der Waals surface area (Å²) in [5, 5.41) is 10.7. The van der Waals surface area contributed by atoms with Gasteiger partial charge in [-0.3, -0.25) is 10.1 Å². The summed E-state index contributed by atoms with van der Waals surface area (Å²) in [5.74, 6) is 0. The molecule has 1 saturated heterocycles. The van der Waals surface area contributed by atoms with Crippen molar-refractivity contribution in [2.45, 2.75) is 13.0 Å². The Labute approximate surface area is 75.3 Å². The van der Waals surface area contributed by atoms with Crippen molar-refractivity contribution in [3.63, 3.8) is 0 Å². The van der Waals surface area contributed by atoms with Gasteiger partial charge in [0.25, 0.3) is 5.69 Å². The Hall–Kier alpha value is -1.42. The average molecular weight is 179 g/mol. The summed E-state index contributed by atoms with van der Waals surface area (Å²) in [6.45, 7) is 2.34. The second-order valence-electron chi connectivity index (χ2n) is 3.09. The SMILES string of the molecule is Cc1cccc([C@H]2CO2)c1[N+](=O)[O-]. The first kappa shape index (κ1) is 8.19. The molecular weight excluding hydrogens is 170 g/mol. The van der Waals surface area contributed by atoms with E-state index >= 15 is 0 Å². The third-order valence-corrected chi connectivity index (χ3v) is 2.13.